The van der Waals surface area contributed by atoms with Gasteiger partial charge in [0.1, 0.15) is 17.2 Å². The van der Waals surface area contributed by atoms with E-state index in [2.05, 4.69) is 21.6 Å². The van der Waals surface area contributed by atoms with Crippen LogP contribution < -0.4 is 5.32 Å². The Balaban J connectivity index is 1.60. The number of anilines is 1. The first kappa shape index (κ1) is 18.7. The molecule has 2 fully saturated rings. The number of ether oxygens (including phenoxy) is 1. The Morgan fingerprint density at radius 2 is 1.92 bits per heavy atom. The molecule has 1 N–H and O–H groups in total. The van der Waals surface area contributed by atoms with E-state index in [0.29, 0.717) is 41.9 Å². The van der Waals surface area contributed by atoms with E-state index in [1.165, 1.54) is 0 Å². The third-order valence-electron chi connectivity index (χ3n) is 5.01. The van der Waals surface area contributed by atoms with Crippen molar-refractivity contribution in [2.45, 2.75) is 52.2 Å². The van der Waals surface area contributed by atoms with Crippen LogP contribution in [0.4, 0.5) is 10.6 Å². The summed E-state index contributed by atoms with van der Waals surface area (Å²) in [6, 6.07) is 2.37. The van der Waals surface area contributed by atoms with Crippen LogP contribution in [-0.2, 0) is 4.74 Å². The van der Waals surface area contributed by atoms with Crippen molar-refractivity contribution in [2.24, 2.45) is 11.8 Å². The summed E-state index contributed by atoms with van der Waals surface area (Å²) in [6.07, 6.45) is 1.62. The van der Waals surface area contributed by atoms with Crippen LogP contribution in [0.1, 0.15) is 44.7 Å². The van der Waals surface area contributed by atoms with Gasteiger partial charge in [-0.15, -0.1) is 10.2 Å². The average molecular weight is 378 g/mol. The molecule has 1 amide bonds. The van der Waals surface area contributed by atoms with E-state index in [-0.39, 0.29) is 17.3 Å². The van der Waals surface area contributed by atoms with Gasteiger partial charge < -0.3 is 15.0 Å². The lowest BCUT2D eigenvalue weighted by Crippen LogP contribution is -2.36. The van der Waals surface area contributed by atoms with Gasteiger partial charge in [0.05, 0.1) is 0 Å². The number of nitriles is 1. The first-order chi connectivity index (χ1) is 12.2. The molecule has 0 bridgehead atoms. The molecule has 1 aromatic heterocycles. The largest absolute Gasteiger partial charge is 0.444 e. The van der Waals surface area contributed by atoms with Gasteiger partial charge >= 0.3 is 6.09 Å². The number of likely N-dealkylation sites (tertiary alicyclic amines) is 1. The highest BCUT2D eigenvalue weighted by molar-refractivity contribution is 6.30. The second-order valence-electron chi connectivity index (χ2n) is 8.17. The predicted molar refractivity (Wildman–Crippen MR) is 97.9 cm³/mol. The van der Waals surface area contributed by atoms with Gasteiger partial charge in [-0.3, -0.25) is 0 Å². The van der Waals surface area contributed by atoms with Gasteiger partial charge in [0.25, 0.3) is 0 Å². The summed E-state index contributed by atoms with van der Waals surface area (Å²) < 4.78 is 5.47. The maximum absolute atomic E-state index is 12.2. The van der Waals surface area contributed by atoms with Crippen molar-refractivity contribution in [3.05, 3.63) is 16.3 Å². The molecular weight excluding hydrogens is 354 g/mol. The van der Waals surface area contributed by atoms with Gasteiger partial charge in [-0.2, -0.15) is 5.26 Å². The van der Waals surface area contributed by atoms with Crippen LogP contribution >= 0.6 is 11.6 Å². The maximum atomic E-state index is 12.2. The van der Waals surface area contributed by atoms with E-state index in [1.807, 2.05) is 25.7 Å². The second-order valence-corrected chi connectivity index (χ2v) is 8.53. The molecule has 1 unspecified atom stereocenters. The summed E-state index contributed by atoms with van der Waals surface area (Å²) in [5.74, 6) is 1.36. The molecule has 1 saturated heterocycles. The number of nitrogens with zero attached hydrogens (tertiary/aromatic N) is 4. The molecule has 0 spiro atoms. The molecule has 2 aliphatic rings. The third-order valence-corrected chi connectivity index (χ3v) is 5.37. The minimum Gasteiger partial charge on any atom is -0.444 e. The number of carbonyl (C=O) groups is 1. The van der Waals surface area contributed by atoms with E-state index in [9.17, 15) is 10.1 Å². The molecule has 7 nitrogen and oxygen atoms in total. The summed E-state index contributed by atoms with van der Waals surface area (Å²) >= 11 is 5.95. The van der Waals surface area contributed by atoms with E-state index in [1.54, 1.807) is 6.92 Å². The van der Waals surface area contributed by atoms with Gasteiger partial charge in [0, 0.05) is 24.7 Å². The molecule has 26 heavy (non-hydrogen) atoms. The van der Waals surface area contributed by atoms with Crippen LogP contribution in [-0.4, -0.2) is 45.9 Å². The lowest BCUT2D eigenvalue weighted by molar-refractivity contribution is 0.0280. The number of carbonyl (C=O) groups excluding carboxylic acids is 1. The van der Waals surface area contributed by atoms with E-state index in [0.717, 1.165) is 12.8 Å². The minimum atomic E-state index is -0.475. The van der Waals surface area contributed by atoms with Gasteiger partial charge in [0.15, 0.2) is 11.0 Å². The van der Waals surface area contributed by atoms with Crippen LogP contribution in [0.2, 0.25) is 5.15 Å². The summed E-state index contributed by atoms with van der Waals surface area (Å²) in [5, 5.41) is 20.9. The number of nitrogens with one attached hydrogen (secondary N) is 1. The molecule has 1 aliphatic carbocycles. The zero-order chi connectivity index (χ0) is 19.1. The first-order valence-corrected chi connectivity index (χ1v) is 9.23. The lowest BCUT2D eigenvalue weighted by Gasteiger charge is -2.25. The zero-order valence-electron chi connectivity index (χ0n) is 15.5. The minimum absolute atomic E-state index is 0.216. The van der Waals surface area contributed by atoms with E-state index < -0.39 is 5.60 Å². The van der Waals surface area contributed by atoms with Gasteiger partial charge in [0.2, 0.25) is 0 Å². The molecule has 2 heterocycles. The fourth-order valence-electron chi connectivity index (χ4n) is 3.82. The standard InChI is InChI=1S/C18H24ClN5O2/c1-10-14(7-20)16(23-22-15(10)19)21-13-5-11-8-24(9-12(11)6-13)17(25)26-18(2,3)4/h11-13H,5-6,8-9H2,1-4H3,(H,21,23)/t11-,12+,13?. The zero-order valence-corrected chi connectivity index (χ0v) is 16.3. The molecular formula is C18H24ClN5O2. The van der Waals surface area contributed by atoms with E-state index in [4.69, 9.17) is 16.3 Å². The summed E-state index contributed by atoms with van der Waals surface area (Å²) in [4.78, 5) is 14.0. The van der Waals surface area contributed by atoms with Crippen molar-refractivity contribution < 1.29 is 9.53 Å². The molecule has 1 aliphatic heterocycles. The Morgan fingerprint density at radius 1 is 1.31 bits per heavy atom. The summed E-state index contributed by atoms with van der Waals surface area (Å²) in [7, 11) is 0. The molecule has 3 rings (SSSR count). The number of amides is 1. The summed E-state index contributed by atoms with van der Waals surface area (Å²) in [5.41, 5.74) is 0.607. The van der Waals surface area contributed by atoms with Crippen molar-refractivity contribution in [3.8, 4) is 6.07 Å². The summed E-state index contributed by atoms with van der Waals surface area (Å²) in [6.45, 7) is 8.84. The smallest absolute Gasteiger partial charge is 0.410 e. The number of fused-ring (bicyclic) bond motifs is 1. The number of hydrogen-bond donors (Lipinski definition) is 1. The fourth-order valence-corrected chi connectivity index (χ4v) is 3.96. The number of hydrogen-bond acceptors (Lipinski definition) is 6. The van der Waals surface area contributed by atoms with Gasteiger partial charge in [-0.1, -0.05) is 11.6 Å². The molecule has 1 saturated carbocycles. The SMILES string of the molecule is Cc1c(Cl)nnc(NC2C[C@@H]3CN(C(=O)OC(C)(C)C)C[C@@H]3C2)c1C#N. The quantitative estimate of drug-likeness (QED) is 0.849. The number of aromatic nitrogens is 2. The monoisotopic (exact) mass is 377 g/mol. The van der Waals surface area contributed by atoms with Crippen LogP contribution in [0, 0.1) is 30.1 Å². The van der Waals surface area contributed by atoms with Crippen LogP contribution in [0.3, 0.4) is 0 Å². The Hall–Kier alpha value is -2.07. The Bertz CT molecular complexity index is 741. The topological polar surface area (TPSA) is 91.1 Å². The van der Waals surface area contributed by atoms with Crippen LogP contribution in [0.15, 0.2) is 0 Å². The van der Waals surface area contributed by atoms with Crippen LogP contribution in [0.5, 0.6) is 0 Å². The maximum Gasteiger partial charge on any atom is 0.410 e. The highest BCUT2D eigenvalue weighted by Gasteiger charge is 2.43. The predicted octanol–water partition coefficient (Wildman–Crippen LogP) is 3.37. The normalized spacial score (nSPS) is 24.9. The van der Waals surface area contributed by atoms with Gasteiger partial charge in [-0.25, -0.2) is 4.79 Å². The molecule has 8 heteroatoms. The van der Waals surface area contributed by atoms with Crippen molar-refractivity contribution in [2.75, 3.05) is 18.4 Å². The van der Waals surface area contributed by atoms with Crippen molar-refractivity contribution in [1.29, 1.82) is 5.26 Å². The lowest BCUT2D eigenvalue weighted by atomic mass is 10.0. The van der Waals surface area contributed by atoms with Crippen LogP contribution in [0.25, 0.3) is 0 Å². The second kappa shape index (κ2) is 6.92. The highest BCUT2D eigenvalue weighted by atomic mass is 35.5. The van der Waals surface area contributed by atoms with E-state index >= 15 is 0 Å². The van der Waals surface area contributed by atoms with Crippen molar-refractivity contribution in [1.82, 2.24) is 15.1 Å². The Kier molecular flexibility index (Phi) is 4.98. The third kappa shape index (κ3) is 3.85. The van der Waals surface area contributed by atoms with Crippen molar-refractivity contribution >= 4 is 23.5 Å². The Morgan fingerprint density at radius 3 is 2.46 bits per heavy atom. The highest BCUT2D eigenvalue weighted by Crippen LogP contribution is 2.40. The van der Waals surface area contributed by atoms with Gasteiger partial charge in [-0.05, 0) is 52.4 Å². The number of rotatable bonds is 2. The molecule has 140 valence electrons. The molecule has 3 atom stereocenters. The average Bonchev–Trinajstić information content (AvgIpc) is 3.08. The fraction of sp³-hybridized carbons (Fsp3) is 0.667. The van der Waals surface area contributed by atoms with Crippen molar-refractivity contribution in [3.63, 3.8) is 0 Å². The Labute approximate surface area is 158 Å². The first-order valence-electron chi connectivity index (χ1n) is 8.85. The number of halogens is 1. The molecule has 1 aromatic rings. The molecule has 0 radical (unpaired) electrons. The molecule has 0 aromatic carbocycles.